The van der Waals surface area contributed by atoms with Crippen LogP contribution in [0.4, 0.5) is 0 Å². The highest BCUT2D eigenvalue weighted by Gasteiger charge is 2.10. The van der Waals surface area contributed by atoms with Gasteiger partial charge in [0.05, 0.1) is 18.6 Å². The Morgan fingerprint density at radius 1 is 1.08 bits per heavy atom. The molecular formula is C20H22BrNO4. The van der Waals surface area contributed by atoms with Crippen LogP contribution in [0, 0.1) is 0 Å². The van der Waals surface area contributed by atoms with E-state index in [2.05, 4.69) is 21.2 Å². The number of esters is 2. The molecule has 0 radical (unpaired) electrons. The lowest BCUT2D eigenvalue weighted by molar-refractivity contribution is -0.144. The maximum atomic E-state index is 11.8. The molecule has 0 amide bonds. The molecular weight excluding hydrogens is 398 g/mol. The average Bonchev–Trinajstić information content (AvgIpc) is 2.66. The van der Waals surface area contributed by atoms with E-state index in [0.29, 0.717) is 25.3 Å². The van der Waals surface area contributed by atoms with Crippen LogP contribution in [0.25, 0.3) is 0 Å². The van der Waals surface area contributed by atoms with Crippen LogP contribution in [0.2, 0.25) is 0 Å². The Hall–Kier alpha value is -2.18. The summed E-state index contributed by atoms with van der Waals surface area (Å²) in [4.78, 5) is 23.6. The third-order valence-electron chi connectivity index (χ3n) is 3.62. The summed E-state index contributed by atoms with van der Waals surface area (Å²) < 4.78 is 11.1. The predicted molar refractivity (Wildman–Crippen MR) is 103 cm³/mol. The summed E-state index contributed by atoms with van der Waals surface area (Å²) in [5, 5.41) is 3.19. The SMILES string of the molecule is CCOC(=O)c1ccc(Br)c(CNCCC(=O)OCc2ccccc2)c1. The van der Waals surface area contributed by atoms with Gasteiger partial charge in [0.15, 0.2) is 0 Å². The number of carbonyl (C=O) groups is 2. The molecule has 0 aliphatic heterocycles. The van der Waals surface area contributed by atoms with Crippen LogP contribution in [0.5, 0.6) is 0 Å². The number of carbonyl (C=O) groups excluding carboxylic acids is 2. The summed E-state index contributed by atoms with van der Waals surface area (Å²) in [5.74, 6) is -0.591. The van der Waals surface area contributed by atoms with E-state index in [1.807, 2.05) is 36.4 Å². The molecule has 138 valence electrons. The van der Waals surface area contributed by atoms with Crippen molar-refractivity contribution in [1.29, 1.82) is 0 Å². The van der Waals surface area contributed by atoms with Gasteiger partial charge < -0.3 is 14.8 Å². The topological polar surface area (TPSA) is 64.6 Å². The Balaban J connectivity index is 1.74. The van der Waals surface area contributed by atoms with E-state index < -0.39 is 0 Å². The van der Waals surface area contributed by atoms with Gasteiger partial charge in [-0.15, -0.1) is 0 Å². The molecule has 2 aromatic rings. The molecule has 0 heterocycles. The zero-order valence-corrected chi connectivity index (χ0v) is 16.3. The van der Waals surface area contributed by atoms with Gasteiger partial charge in [-0.2, -0.15) is 0 Å². The number of rotatable bonds is 9. The van der Waals surface area contributed by atoms with Crippen molar-refractivity contribution >= 4 is 27.9 Å². The number of hydrogen-bond acceptors (Lipinski definition) is 5. The first-order valence-corrected chi connectivity index (χ1v) is 9.25. The lowest BCUT2D eigenvalue weighted by Gasteiger charge is -2.09. The van der Waals surface area contributed by atoms with Gasteiger partial charge >= 0.3 is 11.9 Å². The molecule has 2 rings (SSSR count). The van der Waals surface area contributed by atoms with E-state index in [9.17, 15) is 9.59 Å². The maximum Gasteiger partial charge on any atom is 0.338 e. The standard InChI is InChI=1S/C20H22BrNO4/c1-2-25-20(24)16-8-9-18(21)17(12-16)13-22-11-10-19(23)26-14-15-6-4-3-5-7-15/h3-9,12,22H,2,10-11,13-14H2,1H3. The molecule has 5 nitrogen and oxygen atoms in total. The largest absolute Gasteiger partial charge is 0.462 e. The molecule has 0 aliphatic carbocycles. The third-order valence-corrected chi connectivity index (χ3v) is 4.39. The summed E-state index contributed by atoms with van der Waals surface area (Å²) in [6.45, 7) is 3.42. The Morgan fingerprint density at radius 2 is 1.85 bits per heavy atom. The van der Waals surface area contributed by atoms with Crippen molar-refractivity contribution in [2.45, 2.75) is 26.5 Å². The molecule has 1 N–H and O–H groups in total. The van der Waals surface area contributed by atoms with E-state index in [1.54, 1.807) is 19.1 Å². The van der Waals surface area contributed by atoms with Crippen molar-refractivity contribution in [3.63, 3.8) is 0 Å². The van der Waals surface area contributed by atoms with Gasteiger partial charge in [0.25, 0.3) is 0 Å². The second kappa shape index (κ2) is 10.7. The van der Waals surface area contributed by atoms with Gasteiger partial charge in [-0.1, -0.05) is 46.3 Å². The van der Waals surface area contributed by atoms with E-state index in [-0.39, 0.29) is 25.0 Å². The summed E-state index contributed by atoms with van der Waals surface area (Å²) in [5.41, 5.74) is 2.40. The van der Waals surface area contributed by atoms with Crippen LogP contribution in [0.3, 0.4) is 0 Å². The smallest absolute Gasteiger partial charge is 0.338 e. The van der Waals surface area contributed by atoms with Gasteiger partial charge in [-0.25, -0.2) is 4.79 Å². The number of ether oxygens (including phenoxy) is 2. The highest BCUT2D eigenvalue weighted by atomic mass is 79.9. The highest BCUT2D eigenvalue weighted by molar-refractivity contribution is 9.10. The Morgan fingerprint density at radius 3 is 2.58 bits per heavy atom. The Labute approximate surface area is 161 Å². The fourth-order valence-electron chi connectivity index (χ4n) is 2.28. The first-order valence-electron chi connectivity index (χ1n) is 8.46. The second-order valence-electron chi connectivity index (χ2n) is 5.60. The first kappa shape index (κ1) is 20.1. The second-order valence-corrected chi connectivity index (χ2v) is 6.45. The Bertz CT molecular complexity index is 734. The van der Waals surface area contributed by atoms with Crippen LogP contribution < -0.4 is 5.32 Å². The molecule has 0 atom stereocenters. The fourth-order valence-corrected chi connectivity index (χ4v) is 2.66. The highest BCUT2D eigenvalue weighted by Crippen LogP contribution is 2.19. The van der Waals surface area contributed by atoms with Gasteiger partial charge in [-0.05, 0) is 36.2 Å². The quantitative estimate of drug-likeness (QED) is 0.493. The van der Waals surface area contributed by atoms with Crippen LogP contribution in [-0.4, -0.2) is 25.1 Å². The summed E-state index contributed by atoms with van der Waals surface area (Å²) in [7, 11) is 0. The molecule has 26 heavy (non-hydrogen) atoms. The average molecular weight is 420 g/mol. The Kier molecular flexibility index (Phi) is 8.31. The minimum atomic E-state index is -0.342. The number of nitrogens with one attached hydrogen (secondary N) is 1. The van der Waals surface area contributed by atoms with Crippen LogP contribution in [0.1, 0.15) is 34.8 Å². The lowest BCUT2D eigenvalue weighted by Crippen LogP contribution is -2.19. The molecule has 2 aromatic carbocycles. The molecule has 0 aromatic heterocycles. The van der Waals surface area contributed by atoms with Crippen molar-refractivity contribution in [2.75, 3.05) is 13.2 Å². The third kappa shape index (κ3) is 6.61. The van der Waals surface area contributed by atoms with Gasteiger partial charge in [0, 0.05) is 17.6 Å². The van der Waals surface area contributed by atoms with E-state index in [4.69, 9.17) is 9.47 Å². The minimum Gasteiger partial charge on any atom is -0.462 e. The predicted octanol–water partition coefficient (Wildman–Crippen LogP) is 3.85. The van der Waals surface area contributed by atoms with Gasteiger partial charge in [0.1, 0.15) is 6.61 Å². The van der Waals surface area contributed by atoms with Gasteiger partial charge in [0.2, 0.25) is 0 Å². The van der Waals surface area contributed by atoms with Gasteiger partial charge in [-0.3, -0.25) is 4.79 Å². The maximum absolute atomic E-state index is 11.8. The summed E-state index contributed by atoms with van der Waals surface area (Å²) in [6.07, 6.45) is 0.280. The molecule has 0 saturated carbocycles. The zero-order valence-electron chi connectivity index (χ0n) is 14.7. The molecule has 0 aliphatic rings. The van der Waals surface area contributed by atoms with Crippen molar-refractivity contribution in [2.24, 2.45) is 0 Å². The molecule has 0 unspecified atom stereocenters. The van der Waals surface area contributed by atoms with Crippen molar-refractivity contribution in [3.8, 4) is 0 Å². The monoisotopic (exact) mass is 419 g/mol. The summed E-state index contributed by atoms with van der Waals surface area (Å²) >= 11 is 3.47. The fraction of sp³-hybridized carbons (Fsp3) is 0.300. The van der Waals surface area contributed by atoms with E-state index in [0.717, 1.165) is 15.6 Å². The molecule has 6 heteroatoms. The first-order chi connectivity index (χ1) is 12.6. The van der Waals surface area contributed by atoms with Crippen molar-refractivity contribution in [1.82, 2.24) is 5.32 Å². The summed E-state index contributed by atoms with van der Waals surface area (Å²) in [6, 6.07) is 14.9. The van der Waals surface area contributed by atoms with Crippen LogP contribution in [-0.2, 0) is 27.4 Å². The van der Waals surface area contributed by atoms with Crippen molar-refractivity contribution in [3.05, 3.63) is 69.7 Å². The molecule has 0 bridgehead atoms. The number of benzene rings is 2. The van der Waals surface area contributed by atoms with E-state index >= 15 is 0 Å². The zero-order chi connectivity index (χ0) is 18.8. The molecule has 0 spiro atoms. The number of hydrogen-bond donors (Lipinski definition) is 1. The normalized spacial score (nSPS) is 10.4. The van der Waals surface area contributed by atoms with Crippen molar-refractivity contribution < 1.29 is 19.1 Å². The number of halogens is 1. The molecule has 0 fully saturated rings. The molecule has 0 saturated heterocycles. The minimum absolute atomic E-state index is 0.249. The van der Waals surface area contributed by atoms with Crippen LogP contribution in [0.15, 0.2) is 53.0 Å². The lowest BCUT2D eigenvalue weighted by atomic mass is 10.1. The van der Waals surface area contributed by atoms with Crippen LogP contribution >= 0.6 is 15.9 Å². The van der Waals surface area contributed by atoms with E-state index in [1.165, 1.54) is 0 Å².